The molecule has 2 aromatic carbocycles. The van der Waals surface area contributed by atoms with Gasteiger partial charge in [-0.2, -0.15) is 0 Å². The molecule has 1 aliphatic heterocycles. The molecule has 1 saturated heterocycles. The van der Waals surface area contributed by atoms with Crippen LogP contribution in [-0.4, -0.2) is 40.8 Å². The molecule has 0 saturated carbocycles. The standard InChI is InChI=1S/C18H19NO4/c20-16-6-2-4-14(10-16)17-12-19(7-8-23-17)11-13-3-1-5-15(9-13)18(21)22/h1-6,9-10,17,20H,7-8,11-12H2,(H,21,22). The molecule has 3 rings (SSSR count). The number of hydrogen-bond acceptors (Lipinski definition) is 4. The SMILES string of the molecule is O=C(O)c1cccc(CN2CCOC(c3cccc(O)c3)C2)c1. The minimum atomic E-state index is -0.911. The zero-order valence-corrected chi connectivity index (χ0v) is 12.7. The average Bonchev–Trinajstić information content (AvgIpc) is 2.55. The van der Waals surface area contributed by atoms with E-state index in [1.54, 1.807) is 30.3 Å². The lowest BCUT2D eigenvalue weighted by Gasteiger charge is -2.33. The van der Waals surface area contributed by atoms with Gasteiger partial charge in [0.05, 0.1) is 18.3 Å². The fraction of sp³-hybridized carbons (Fsp3) is 0.278. The first-order chi connectivity index (χ1) is 11.1. The maximum absolute atomic E-state index is 11.1. The molecule has 1 atom stereocenters. The highest BCUT2D eigenvalue weighted by Crippen LogP contribution is 2.25. The minimum absolute atomic E-state index is 0.0847. The topological polar surface area (TPSA) is 70.0 Å². The number of ether oxygens (including phenoxy) is 1. The molecule has 0 bridgehead atoms. The van der Waals surface area contributed by atoms with Crippen LogP contribution in [0.25, 0.3) is 0 Å². The molecule has 0 spiro atoms. The van der Waals surface area contributed by atoms with Gasteiger partial charge >= 0.3 is 5.97 Å². The Kier molecular flexibility index (Phi) is 4.60. The molecular weight excluding hydrogens is 294 g/mol. The van der Waals surface area contributed by atoms with E-state index in [9.17, 15) is 9.90 Å². The summed E-state index contributed by atoms with van der Waals surface area (Å²) in [6, 6.07) is 14.1. The van der Waals surface area contributed by atoms with Crippen molar-refractivity contribution in [1.29, 1.82) is 0 Å². The van der Waals surface area contributed by atoms with Crippen molar-refractivity contribution < 1.29 is 19.7 Å². The molecule has 0 amide bonds. The molecule has 1 unspecified atom stereocenters. The van der Waals surface area contributed by atoms with Crippen LogP contribution in [0.15, 0.2) is 48.5 Å². The summed E-state index contributed by atoms with van der Waals surface area (Å²) in [5.41, 5.74) is 2.23. The summed E-state index contributed by atoms with van der Waals surface area (Å²) in [7, 11) is 0. The molecule has 1 aliphatic rings. The Morgan fingerprint density at radius 3 is 2.83 bits per heavy atom. The summed E-state index contributed by atoms with van der Waals surface area (Å²) in [6.45, 7) is 2.80. The lowest BCUT2D eigenvalue weighted by Crippen LogP contribution is -2.37. The van der Waals surface area contributed by atoms with E-state index in [4.69, 9.17) is 9.84 Å². The molecule has 0 aromatic heterocycles. The van der Waals surface area contributed by atoms with Gasteiger partial charge in [-0.3, -0.25) is 4.90 Å². The highest BCUT2D eigenvalue weighted by molar-refractivity contribution is 5.87. The molecule has 2 N–H and O–H groups in total. The van der Waals surface area contributed by atoms with Crippen molar-refractivity contribution in [2.75, 3.05) is 19.7 Å². The second kappa shape index (κ2) is 6.81. The Balaban J connectivity index is 1.69. The summed E-state index contributed by atoms with van der Waals surface area (Å²) >= 11 is 0. The number of phenolic OH excluding ortho intramolecular Hbond substituents is 1. The number of carbonyl (C=O) groups is 1. The van der Waals surface area contributed by atoms with Crippen LogP contribution in [0.4, 0.5) is 0 Å². The number of aromatic hydroxyl groups is 1. The quantitative estimate of drug-likeness (QED) is 0.908. The van der Waals surface area contributed by atoms with Gasteiger partial charge in [0.2, 0.25) is 0 Å². The van der Waals surface area contributed by atoms with Gasteiger partial charge in [0.1, 0.15) is 5.75 Å². The lowest BCUT2D eigenvalue weighted by atomic mass is 10.1. The number of phenols is 1. The van der Waals surface area contributed by atoms with Crippen LogP contribution in [0, 0.1) is 0 Å². The molecule has 0 aliphatic carbocycles. The first-order valence-corrected chi connectivity index (χ1v) is 7.57. The van der Waals surface area contributed by atoms with E-state index in [1.165, 1.54) is 0 Å². The van der Waals surface area contributed by atoms with Gasteiger partial charge in [0.15, 0.2) is 0 Å². The van der Waals surface area contributed by atoms with Crippen LogP contribution in [0.3, 0.4) is 0 Å². The Hall–Kier alpha value is -2.37. The van der Waals surface area contributed by atoms with Crippen LogP contribution in [0.5, 0.6) is 5.75 Å². The highest BCUT2D eigenvalue weighted by Gasteiger charge is 2.22. The third-order valence-corrected chi connectivity index (χ3v) is 3.97. The van der Waals surface area contributed by atoms with E-state index in [2.05, 4.69) is 4.90 Å². The number of nitrogens with zero attached hydrogens (tertiary/aromatic N) is 1. The van der Waals surface area contributed by atoms with Crippen LogP contribution >= 0.6 is 0 Å². The molecule has 5 heteroatoms. The van der Waals surface area contributed by atoms with Crippen molar-refractivity contribution in [1.82, 2.24) is 4.90 Å². The van der Waals surface area contributed by atoms with Gasteiger partial charge in [0.25, 0.3) is 0 Å². The molecule has 23 heavy (non-hydrogen) atoms. The average molecular weight is 313 g/mol. The molecule has 0 radical (unpaired) electrons. The number of rotatable bonds is 4. The van der Waals surface area contributed by atoms with E-state index in [0.29, 0.717) is 25.3 Å². The summed E-state index contributed by atoms with van der Waals surface area (Å²) < 4.78 is 5.80. The van der Waals surface area contributed by atoms with Crippen molar-refractivity contribution in [3.63, 3.8) is 0 Å². The van der Waals surface area contributed by atoms with Crippen LogP contribution in [0.1, 0.15) is 27.6 Å². The predicted molar refractivity (Wildman–Crippen MR) is 85.5 cm³/mol. The Morgan fingerprint density at radius 2 is 2.04 bits per heavy atom. The first kappa shape index (κ1) is 15.5. The van der Waals surface area contributed by atoms with Crippen molar-refractivity contribution in [3.05, 3.63) is 65.2 Å². The van der Waals surface area contributed by atoms with E-state index >= 15 is 0 Å². The van der Waals surface area contributed by atoms with Crippen molar-refractivity contribution in [2.24, 2.45) is 0 Å². The van der Waals surface area contributed by atoms with Gasteiger partial charge < -0.3 is 14.9 Å². The predicted octanol–water partition coefficient (Wildman–Crippen LogP) is 2.66. The number of carboxylic acids is 1. The normalized spacial score (nSPS) is 18.7. The van der Waals surface area contributed by atoms with E-state index in [1.807, 2.05) is 18.2 Å². The van der Waals surface area contributed by atoms with E-state index in [0.717, 1.165) is 17.7 Å². The van der Waals surface area contributed by atoms with Gasteiger partial charge in [-0.15, -0.1) is 0 Å². The minimum Gasteiger partial charge on any atom is -0.508 e. The van der Waals surface area contributed by atoms with Crippen molar-refractivity contribution in [2.45, 2.75) is 12.6 Å². The largest absolute Gasteiger partial charge is 0.508 e. The zero-order chi connectivity index (χ0) is 16.2. The smallest absolute Gasteiger partial charge is 0.335 e. The monoisotopic (exact) mass is 313 g/mol. The molecule has 5 nitrogen and oxygen atoms in total. The summed E-state index contributed by atoms with van der Waals surface area (Å²) in [5.74, 6) is -0.677. The maximum atomic E-state index is 11.1. The Labute approximate surface area is 134 Å². The number of aromatic carboxylic acids is 1. The summed E-state index contributed by atoms with van der Waals surface area (Å²) in [4.78, 5) is 13.3. The fourth-order valence-corrected chi connectivity index (χ4v) is 2.83. The van der Waals surface area contributed by atoms with Gasteiger partial charge in [-0.1, -0.05) is 24.3 Å². The number of morpholine rings is 1. The fourth-order valence-electron chi connectivity index (χ4n) is 2.83. The van der Waals surface area contributed by atoms with Crippen molar-refractivity contribution in [3.8, 4) is 5.75 Å². The van der Waals surface area contributed by atoms with E-state index in [-0.39, 0.29) is 11.9 Å². The lowest BCUT2D eigenvalue weighted by molar-refractivity contribution is -0.0330. The Morgan fingerprint density at radius 1 is 1.22 bits per heavy atom. The number of carboxylic acid groups (broad SMARTS) is 1. The van der Waals surface area contributed by atoms with Crippen LogP contribution in [-0.2, 0) is 11.3 Å². The van der Waals surface area contributed by atoms with Crippen LogP contribution in [0.2, 0.25) is 0 Å². The first-order valence-electron chi connectivity index (χ1n) is 7.57. The maximum Gasteiger partial charge on any atom is 0.335 e. The third kappa shape index (κ3) is 3.88. The van der Waals surface area contributed by atoms with Crippen molar-refractivity contribution >= 4 is 5.97 Å². The molecular formula is C18H19NO4. The molecule has 1 fully saturated rings. The second-order valence-electron chi connectivity index (χ2n) is 5.70. The zero-order valence-electron chi connectivity index (χ0n) is 12.7. The van der Waals surface area contributed by atoms with Gasteiger partial charge in [0, 0.05) is 19.6 Å². The molecule has 120 valence electrons. The second-order valence-corrected chi connectivity index (χ2v) is 5.70. The van der Waals surface area contributed by atoms with Gasteiger partial charge in [-0.25, -0.2) is 4.79 Å². The molecule has 2 aromatic rings. The number of hydrogen-bond donors (Lipinski definition) is 2. The molecule has 1 heterocycles. The summed E-state index contributed by atoms with van der Waals surface area (Å²) in [5, 5.41) is 18.7. The highest BCUT2D eigenvalue weighted by atomic mass is 16.5. The van der Waals surface area contributed by atoms with Crippen LogP contribution < -0.4 is 0 Å². The Bertz CT molecular complexity index is 701. The van der Waals surface area contributed by atoms with Gasteiger partial charge in [-0.05, 0) is 35.4 Å². The number of benzene rings is 2. The van der Waals surface area contributed by atoms with E-state index < -0.39 is 5.97 Å². The third-order valence-electron chi connectivity index (χ3n) is 3.97. The summed E-state index contributed by atoms with van der Waals surface area (Å²) in [6.07, 6.45) is -0.0847.